The van der Waals surface area contributed by atoms with Crippen LogP contribution in [0, 0.1) is 17.2 Å². The summed E-state index contributed by atoms with van der Waals surface area (Å²) in [6, 6.07) is 22.8. The molecule has 0 bridgehead atoms. The number of hydrogen-bond donors (Lipinski definition) is 1. The highest BCUT2D eigenvalue weighted by Gasteiger charge is 2.27. The zero-order chi connectivity index (χ0) is 24.6. The van der Waals surface area contributed by atoms with Gasteiger partial charge in [-0.3, -0.25) is 14.7 Å². The molecule has 2 aromatic carbocycles. The van der Waals surface area contributed by atoms with Crippen molar-refractivity contribution >= 4 is 17.3 Å². The maximum atomic E-state index is 12.5. The number of aromatic nitrogens is 1. The lowest BCUT2D eigenvalue weighted by Gasteiger charge is -2.40. The van der Waals surface area contributed by atoms with Gasteiger partial charge in [0.2, 0.25) is 5.91 Å². The second-order valence-electron chi connectivity index (χ2n) is 8.97. The SMILES string of the molecule is CCC(CC)C(=O)Nc1ccc(N2CCN(C(c3ccccc3)c3cccnc3)CC2)c(C#N)c1. The standard InChI is InChI=1S/C29H33N5O/c1-3-22(4-2)29(35)32-26-12-13-27(25(19-26)20-30)33-15-17-34(18-16-33)28(23-9-6-5-7-10-23)24-11-8-14-31-21-24/h5-14,19,21-22,28H,3-4,15-18H2,1-2H3,(H,32,35). The minimum Gasteiger partial charge on any atom is -0.368 e. The second-order valence-corrected chi connectivity index (χ2v) is 8.97. The van der Waals surface area contributed by atoms with Crippen LogP contribution in [0.3, 0.4) is 0 Å². The van der Waals surface area contributed by atoms with Crippen LogP contribution in [0.5, 0.6) is 0 Å². The third-order valence-corrected chi connectivity index (χ3v) is 6.88. The minimum atomic E-state index is -0.00864. The van der Waals surface area contributed by atoms with Gasteiger partial charge in [0.15, 0.2) is 0 Å². The van der Waals surface area contributed by atoms with Gasteiger partial charge in [-0.2, -0.15) is 5.26 Å². The van der Waals surface area contributed by atoms with E-state index in [2.05, 4.69) is 56.5 Å². The summed E-state index contributed by atoms with van der Waals surface area (Å²) < 4.78 is 0. The Morgan fingerprint density at radius 1 is 1.00 bits per heavy atom. The first-order chi connectivity index (χ1) is 17.1. The molecule has 35 heavy (non-hydrogen) atoms. The number of anilines is 2. The lowest BCUT2D eigenvalue weighted by Crippen LogP contribution is -2.48. The van der Waals surface area contributed by atoms with Gasteiger partial charge in [0.05, 0.1) is 17.3 Å². The molecule has 0 aliphatic carbocycles. The summed E-state index contributed by atoms with van der Waals surface area (Å²) in [6.45, 7) is 7.41. The van der Waals surface area contributed by atoms with E-state index < -0.39 is 0 Å². The summed E-state index contributed by atoms with van der Waals surface area (Å²) >= 11 is 0. The summed E-state index contributed by atoms with van der Waals surface area (Å²) in [5, 5.41) is 12.8. The fourth-order valence-corrected chi connectivity index (χ4v) is 4.89. The summed E-state index contributed by atoms with van der Waals surface area (Å²) in [7, 11) is 0. The molecule has 180 valence electrons. The van der Waals surface area contributed by atoms with E-state index in [1.807, 2.05) is 50.5 Å². The zero-order valence-electron chi connectivity index (χ0n) is 20.5. The predicted octanol–water partition coefficient (Wildman–Crippen LogP) is 5.24. The van der Waals surface area contributed by atoms with Gasteiger partial charge in [-0.25, -0.2) is 0 Å². The van der Waals surface area contributed by atoms with Crippen molar-refractivity contribution in [1.82, 2.24) is 9.88 Å². The Bertz CT molecular complexity index is 1110. The van der Waals surface area contributed by atoms with E-state index in [4.69, 9.17) is 0 Å². The van der Waals surface area contributed by atoms with Crippen LogP contribution in [0.4, 0.5) is 11.4 Å². The molecule has 3 aromatic rings. The van der Waals surface area contributed by atoms with Crippen molar-refractivity contribution in [3.8, 4) is 6.07 Å². The van der Waals surface area contributed by atoms with E-state index in [1.54, 1.807) is 6.07 Å². The number of nitrogens with zero attached hydrogens (tertiary/aromatic N) is 4. The maximum Gasteiger partial charge on any atom is 0.227 e. The van der Waals surface area contributed by atoms with Gasteiger partial charge in [0, 0.05) is 50.2 Å². The van der Waals surface area contributed by atoms with Crippen LogP contribution in [0.1, 0.15) is 49.4 Å². The van der Waals surface area contributed by atoms with E-state index in [0.717, 1.165) is 44.7 Å². The molecule has 1 atom stereocenters. The van der Waals surface area contributed by atoms with Gasteiger partial charge in [-0.05, 0) is 48.2 Å². The fourth-order valence-electron chi connectivity index (χ4n) is 4.89. The zero-order valence-corrected chi connectivity index (χ0v) is 20.5. The number of pyridine rings is 1. The summed E-state index contributed by atoms with van der Waals surface area (Å²) in [4.78, 5) is 21.6. The summed E-state index contributed by atoms with van der Waals surface area (Å²) in [5.41, 5.74) is 4.63. The fraction of sp³-hybridized carbons (Fsp3) is 0.345. The van der Waals surface area contributed by atoms with E-state index in [0.29, 0.717) is 11.3 Å². The summed E-state index contributed by atoms with van der Waals surface area (Å²) in [6.07, 6.45) is 5.37. The van der Waals surface area contributed by atoms with Crippen LogP contribution >= 0.6 is 0 Å². The predicted molar refractivity (Wildman–Crippen MR) is 140 cm³/mol. The van der Waals surface area contributed by atoms with Crippen LogP contribution in [0.15, 0.2) is 73.1 Å². The molecule has 0 spiro atoms. The molecule has 1 aromatic heterocycles. The van der Waals surface area contributed by atoms with E-state index in [-0.39, 0.29) is 17.9 Å². The molecule has 1 aliphatic heterocycles. The van der Waals surface area contributed by atoms with Gasteiger partial charge in [-0.1, -0.05) is 50.2 Å². The van der Waals surface area contributed by atoms with Gasteiger partial charge in [-0.15, -0.1) is 0 Å². The van der Waals surface area contributed by atoms with Crippen LogP contribution in [-0.4, -0.2) is 42.0 Å². The number of piperazine rings is 1. The molecule has 0 saturated carbocycles. The first-order valence-corrected chi connectivity index (χ1v) is 12.4. The Morgan fingerprint density at radius 2 is 1.71 bits per heavy atom. The van der Waals surface area contributed by atoms with Crippen molar-refractivity contribution in [1.29, 1.82) is 5.26 Å². The molecule has 1 N–H and O–H groups in total. The monoisotopic (exact) mass is 467 g/mol. The first-order valence-electron chi connectivity index (χ1n) is 12.4. The molecule has 6 nitrogen and oxygen atoms in total. The molecule has 0 radical (unpaired) electrons. The van der Waals surface area contributed by atoms with Crippen LogP contribution in [0.25, 0.3) is 0 Å². The number of amides is 1. The Balaban J connectivity index is 1.49. The van der Waals surface area contributed by atoms with Crippen LogP contribution < -0.4 is 10.2 Å². The van der Waals surface area contributed by atoms with Crippen molar-refractivity contribution < 1.29 is 4.79 Å². The van der Waals surface area contributed by atoms with E-state index in [9.17, 15) is 10.1 Å². The van der Waals surface area contributed by atoms with Crippen molar-refractivity contribution in [2.75, 3.05) is 36.4 Å². The first kappa shape index (κ1) is 24.4. The number of nitriles is 1. The Labute approximate surface area is 208 Å². The molecular weight excluding hydrogens is 434 g/mol. The molecule has 1 aliphatic rings. The third-order valence-electron chi connectivity index (χ3n) is 6.88. The lowest BCUT2D eigenvalue weighted by atomic mass is 9.97. The average Bonchev–Trinajstić information content (AvgIpc) is 2.91. The molecule has 1 unspecified atom stereocenters. The Morgan fingerprint density at radius 3 is 2.34 bits per heavy atom. The average molecular weight is 468 g/mol. The largest absolute Gasteiger partial charge is 0.368 e. The maximum absolute atomic E-state index is 12.5. The highest BCUT2D eigenvalue weighted by molar-refractivity contribution is 5.93. The van der Waals surface area contributed by atoms with Gasteiger partial charge < -0.3 is 10.2 Å². The number of hydrogen-bond acceptors (Lipinski definition) is 5. The molecular formula is C29H33N5O. The van der Waals surface area contributed by atoms with Gasteiger partial charge in [0.1, 0.15) is 6.07 Å². The highest BCUT2D eigenvalue weighted by Crippen LogP contribution is 2.31. The third kappa shape index (κ3) is 5.70. The van der Waals surface area contributed by atoms with Crippen molar-refractivity contribution in [2.24, 2.45) is 5.92 Å². The topological polar surface area (TPSA) is 72.3 Å². The lowest BCUT2D eigenvalue weighted by molar-refractivity contribution is -0.120. The van der Waals surface area contributed by atoms with Crippen molar-refractivity contribution in [3.05, 3.63) is 89.7 Å². The van der Waals surface area contributed by atoms with Crippen LogP contribution in [0.2, 0.25) is 0 Å². The van der Waals surface area contributed by atoms with Crippen molar-refractivity contribution in [2.45, 2.75) is 32.7 Å². The molecule has 1 fully saturated rings. The minimum absolute atomic E-state index is 0.00864. The molecule has 4 rings (SSSR count). The summed E-state index contributed by atoms with van der Waals surface area (Å²) in [5.74, 6) is 0.00766. The molecule has 1 saturated heterocycles. The van der Waals surface area contributed by atoms with E-state index >= 15 is 0 Å². The van der Waals surface area contributed by atoms with E-state index in [1.165, 1.54) is 11.1 Å². The molecule has 1 amide bonds. The number of carbonyl (C=O) groups is 1. The highest BCUT2D eigenvalue weighted by atomic mass is 16.1. The Hall–Kier alpha value is -3.69. The number of carbonyl (C=O) groups excluding carboxylic acids is 1. The Kier molecular flexibility index (Phi) is 8.12. The van der Waals surface area contributed by atoms with Crippen LogP contribution in [-0.2, 0) is 4.79 Å². The second kappa shape index (κ2) is 11.6. The smallest absolute Gasteiger partial charge is 0.227 e. The molecule has 6 heteroatoms. The normalized spacial score (nSPS) is 15.0. The van der Waals surface area contributed by atoms with Gasteiger partial charge >= 0.3 is 0 Å². The van der Waals surface area contributed by atoms with Gasteiger partial charge in [0.25, 0.3) is 0 Å². The number of rotatable bonds is 8. The van der Waals surface area contributed by atoms with Crippen molar-refractivity contribution in [3.63, 3.8) is 0 Å². The number of nitrogens with one attached hydrogen (secondary N) is 1. The number of benzene rings is 2. The quantitative estimate of drug-likeness (QED) is 0.491. The molecule has 2 heterocycles.